The number of ketones is 1. The quantitative estimate of drug-likeness (QED) is 0.454. The van der Waals surface area contributed by atoms with Crippen LogP contribution in [0.4, 0.5) is 0 Å². The van der Waals surface area contributed by atoms with E-state index in [-0.39, 0.29) is 71.5 Å². The summed E-state index contributed by atoms with van der Waals surface area (Å²) in [6.07, 6.45) is 4.05. The second-order valence-corrected chi connectivity index (χ2v) is 14.4. The van der Waals surface area contributed by atoms with Crippen LogP contribution in [0.2, 0.25) is 0 Å². The summed E-state index contributed by atoms with van der Waals surface area (Å²) in [6.45, 7) is 5.68. The van der Waals surface area contributed by atoms with E-state index in [4.69, 9.17) is 0 Å². The number of nitrogens with zero attached hydrogens (tertiary/aromatic N) is 3. The van der Waals surface area contributed by atoms with E-state index in [0.29, 0.717) is 36.6 Å². The van der Waals surface area contributed by atoms with Gasteiger partial charge < -0.3 is 20.4 Å². The largest absolute Gasteiger partial charge is 0.356 e. The molecule has 2 aromatic rings. The number of amides is 4. The first kappa shape index (κ1) is 27.5. The lowest BCUT2D eigenvalue weighted by molar-refractivity contribution is -0.143. The molecule has 222 valence electrons. The van der Waals surface area contributed by atoms with E-state index in [9.17, 15) is 24.0 Å². The minimum absolute atomic E-state index is 0.0192. The van der Waals surface area contributed by atoms with Gasteiger partial charge in [-0.25, -0.2) is 4.98 Å². The molecule has 6 atom stereocenters. The number of fused-ring (bicyclic) bond motifs is 2. The monoisotopic (exact) mass is 591 g/mol. The SMILES string of the molecule is CC1(C)C2CN(C(=O)[C@@H]3CC(=O)N(C4CCC4)C3)C(C(=O)N[C@@H](C[C@@H]3CCNC3=O)C(=O)c3nc4ccccc4s3)C21. The lowest BCUT2D eigenvalue weighted by Crippen LogP contribution is -2.55. The zero-order chi connectivity index (χ0) is 29.3. The minimum atomic E-state index is -0.938. The van der Waals surface area contributed by atoms with Gasteiger partial charge in [0, 0.05) is 38.0 Å². The van der Waals surface area contributed by atoms with Crippen molar-refractivity contribution in [1.29, 1.82) is 0 Å². The zero-order valence-corrected chi connectivity index (χ0v) is 24.8. The topological polar surface area (TPSA) is 129 Å². The molecule has 3 unspecified atom stereocenters. The number of rotatable bonds is 8. The second kappa shape index (κ2) is 10.1. The summed E-state index contributed by atoms with van der Waals surface area (Å²) in [7, 11) is 0. The van der Waals surface area contributed by atoms with E-state index in [1.54, 1.807) is 4.90 Å². The van der Waals surface area contributed by atoms with Gasteiger partial charge in [-0.2, -0.15) is 0 Å². The Labute approximate surface area is 248 Å². The highest BCUT2D eigenvalue weighted by Crippen LogP contribution is 2.65. The number of likely N-dealkylation sites (tertiary alicyclic amines) is 2. The molecule has 0 spiro atoms. The fourth-order valence-corrected chi connectivity index (χ4v) is 8.73. The molecule has 2 aliphatic carbocycles. The Kier molecular flexibility index (Phi) is 6.64. The van der Waals surface area contributed by atoms with E-state index in [0.717, 1.165) is 24.0 Å². The van der Waals surface area contributed by atoms with Crippen molar-refractivity contribution in [2.24, 2.45) is 29.1 Å². The fraction of sp³-hybridized carbons (Fsp3) is 0.613. The minimum Gasteiger partial charge on any atom is -0.356 e. The molecule has 42 heavy (non-hydrogen) atoms. The molecule has 5 aliphatic rings. The number of carbonyl (C=O) groups is 5. The van der Waals surface area contributed by atoms with Crippen molar-refractivity contribution in [3.8, 4) is 0 Å². The summed E-state index contributed by atoms with van der Waals surface area (Å²) >= 11 is 1.28. The van der Waals surface area contributed by atoms with Crippen LogP contribution in [0, 0.1) is 29.1 Å². The van der Waals surface area contributed by atoms with Crippen molar-refractivity contribution in [3.05, 3.63) is 29.3 Å². The van der Waals surface area contributed by atoms with Crippen LogP contribution in [0.5, 0.6) is 0 Å². The molecule has 3 aliphatic heterocycles. The van der Waals surface area contributed by atoms with Gasteiger partial charge in [0.1, 0.15) is 6.04 Å². The number of carbonyl (C=O) groups excluding carboxylic acids is 5. The van der Waals surface area contributed by atoms with Crippen LogP contribution in [0.1, 0.15) is 62.2 Å². The van der Waals surface area contributed by atoms with Gasteiger partial charge in [-0.3, -0.25) is 24.0 Å². The van der Waals surface area contributed by atoms with Crippen LogP contribution in [-0.2, 0) is 19.2 Å². The molecule has 5 fully saturated rings. The number of benzene rings is 1. The summed E-state index contributed by atoms with van der Waals surface area (Å²) in [5.74, 6) is -1.57. The maximum absolute atomic E-state index is 14.1. The van der Waals surface area contributed by atoms with Gasteiger partial charge in [-0.15, -0.1) is 11.3 Å². The smallest absolute Gasteiger partial charge is 0.243 e. The highest BCUT2D eigenvalue weighted by molar-refractivity contribution is 7.20. The molecule has 2 saturated carbocycles. The predicted octanol–water partition coefficient (Wildman–Crippen LogP) is 2.37. The van der Waals surface area contributed by atoms with E-state index >= 15 is 0 Å². The molecule has 4 amide bonds. The fourth-order valence-electron chi connectivity index (χ4n) is 7.77. The molecule has 11 heteroatoms. The first-order valence-electron chi connectivity index (χ1n) is 15.2. The first-order valence-corrected chi connectivity index (χ1v) is 16.0. The van der Waals surface area contributed by atoms with E-state index in [2.05, 4.69) is 29.5 Å². The standard InChI is InChI=1S/C31H37N5O5S/c1-31(2)19-15-36(30(41)17-13-23(37)35(14-17)18-6-5-7-18)25(24(19)31)28(40)33-21(12-16-10-11-32-27(16)39)26(38)29-34-20-8-3-4-9-22(20)42-29/h3-4,8-9,16-19,21,24-25H,5-7,10-15H2,1-2H3,(H,32,39)(H,33,40)/t16-,17+,19?,21-,24?,25?/m0/s1. The molecule has 3 saturated heterocycles. The van der Waals surface area contributed by atoms with Gasteiger partial charge in [-0.1, -0.05) is 26.0 Å². The summed E-state index contributed by atoms with van der Waals surface area (Å²) < 4.78 is 0.877. The van der Waals surface area contributed by atoms with Crippen LogP contribution in [0.25, 0.3) is 10.2 Å². The van der Waals surface area contributed by atoms with Crippen LogP contribution in [0.15, 0.2) is 24.3 Å². The maximum atomic E-state index is 14.1. The normalized spacial score (nSPS) is 30.7. The van der Waals surface area contributed by atoms with Crippen molar-refractivity contribution < 1.29 is 24.0 Å². The summed E-state index contributed by atoms with van der Waals surface area (Å²) in [5.41, 5.74) is 0.617. The summed E-state index contributed by atoms with van der Waals surface area (Å²) in [6, 6.07) is 6.08. The molecule has 4 heterocycles. The van der Waals surface area contributed by atoms with Crippen molar-refractivity contribution >= 4 is 51.0 Å². The average molecular weight is 592 g/mol. The molecular weight excluding hydrogens is 554 g/mol. The molecule has 2 N–H and O–H groups in total. The number of Topliss-reactive ketones (excluding diaryl/α,β-unsaturated/α-hetero) is 1. The van der Waals surface area contributed by atoms with E-state index in [1.165, 1.54) is 11.3 Å². The third-order valence-electron chi connectivity index (χ3n) is 10.6. The van der Waals surface area contributed by atoms with Crippen LogP contribution in [-0.4, -0.2) is 82.0 Å². The van der Waals surface area contributed by atoms with E-state index in [1.807, 2.05) is 29.2 Å². The van der Waals surface area contributed by atoms with Gasteiger partial charge >= 0.3 is 0 Å². The number of thiazole rings is 1. The number of nitrogens with one attached hydrogen (secondary N) is 2. The Hall–Kier alpha value is -3.34. The summed E-state index contributed by atoms with van der Waals surface area (Å²) in [4.78, 5) is 75.1. The van der Waals surface area contributed by atoms with Gasteiger partial charge in [-0.05, 0) is 61.5 Å². The van der Waals surface area contributed by atoms with Crippen LogP contribution < -0.4 is 10.6 Å². The number of hydrogen-bond donors (Lipinski definition) is 2. The number of hydrogen-bond acceptors (Lipinski definition) is 7. The molecule has 0 bridgehead atoms. The summed E-state index contributed by atoms with van der Waals surface area (Å²) in [5, 5.41) is 6.12. The van der Waals surface area contributed by atoms with Gasteiger partial charge in [0.2, 0.25) is 29.4 Å². The Morgan fingerprint density at radius 3 is 2.62 bits per heavy atom. The van der Waals surface area contributed by atoms with Crippen LogP contribution >= 0.6 is 11.3 Å². The Morgan fingerprint density at radius 2 is 1.93 bits per heavy atom. The lowest BCUT2D eigenvalue weighted by Gasteiger charge is -2.35. The first-order chi connectivity index (χ1) is 20.1. The Morgan fingerprint density at radius 1 is 1.14 bits per heavy atom. The predicted molar refractivity (Wildman–Crippen MR) is 155 cm³/mol. The molecule has 7 rings (SSSR count). The van der Waals surface area contributed by atoms with Crippen molar-refractivity contribution in [3.63, 3.8) is 0 Å². The molecule has 10 nitrogen and oxygen atoms in total. The maximum Gasteiger partial charge on any atom is 0.243 e. The highest BCUT2D eigenvalue weighted by atomic mass is 32.1. The third-order valence-corrected chi connectivity index (χ3v) is 11.7. The number of aromatic nitrogens is 1. The van der Waals surface area contributed by atoms with Gasteiger partial charge in [0.25, 0.3) is 0 Å². The van der Waals surface area contributed by atoms with Crippen molar-refractivity contribution in [2.45, 2.75) is 70.5 Å². The second-order valence-electron chi connectivity index (χ2n) is 13.3. The molecule has 1 aromatic carbocycles. The number of para-hydroxylation sites is 1. The van der Waals surface area contributed by atoms with Crippen LogP contribution in [0.3, 0.4) is 0 Å². The lowest BCUT2D eigenvalue weighted by atomic mass is 9.92. The molecule has 0 radical (unpaired) electrons. The molecule has 1 aromatic heterocycles. The number of piperidine rings is 1. The zero-order valence-electron chi connectivity index (χ0n) is 24.0. The highest BCUT2D eigenvalue weighted by Gasteiger charge is 2.69. The van der Waals surface area contributed by atoms with Crippen molar-refractivity contribution in [2.75, 3.05) is 19.6 Å². The van der Waals surface area contributed by atoms with Gasteiger partial charge in [0.15, 0.2) is 5.01 Å². The van der Waals surface area contributed by atoms with E-state index < -0.39 is 18.0 Å². The Bertz CT molecular complexity index is 1450. The van der Waals surface area contributed by atoms with Gasteiger partial charge in [0.05, 0.1) is 22.2 Å². The Balaban J connectivity index is 1.13. The van der Waals surface area contributed by atoms with Crippen molar-refractivity contribution in [1.82, 2.24) is 25.4 Å². The average Bonchev–Trinajstić information content (AvgIpc) is 3.55. The molecular formula is C31H37N5O5S. The third kappa shape index (κ3) is 4.51.